The third-order valence-electron chi connectivity index (χ3n) is 23.5. The van der Waals surface area contributed by atoms with Gasteiger partial charge in [0, 0.05) is 36.5 Å². The second kappa shape index (κ2) is 13.3. The van der Waals surface area contributed by atoms with E-state index >= 15 is 0 Å². The molecule has 4 aliphatic heterocycles. The molecule has 8 aliphatic carbocycles. The summed E-state index contributed by atoms with van der Waals surface area (Å²) in [5.41, 5.74) is 1.10. The van der Waals surface area contributed by atoms with Crippen molar-refractivity contribution in [2.24, 2.45) is 80.8 Å². The Morgan fingerprint density at radius 3 is 1.98 bits per heavy atom. The maximum absolute atomic E-state index is 15.0. The van der Waals surface area contributed by atoms with Gasteiger partial charge in [0.1, 0.15) is 29.7 Å². The summed E-state index contributed by atoms with van der Waals surface area (Å²) in [5, 5.41) is 58.3. The van der Waals surface area contributed by atoms with Crippen LogP contribution in [0.4, 0.5) is 0 Å². The Kier molecular flexibility index (Phi) is 8.92. The number of fused-ring (bicyclic) bond motifs is 13. The minimum Gasteiger partial charge on any atom is -0.393 e. The molecule has 9 fully saturated rings. The molecule has 1 aromatic rings. The molecule has 0 radical (unpaired) electrons. The lowest BCUT2D eigenvalue weighted by molar-refractivity contribution is -0.342. The molecular formula is C54H76N2O10. The molecule has 5 N–H and O–H groups in total. The van der Waals surface area contributed by atoms with E-state index in [0.29, 0.717) is 61.2 Å². The van der Waals surface area contributed by atoms with Crippen LogP contribution in [0.25, 0.3) is 0 Å². The summed E-state index contributed by atoms with van der Waals surface area (Å²) >= 11 is 0. The number of hydrogen-bond donors (Lipinski definition) is 5. The Morgan fingerprint density at radius 1 is 0.712 bits per heavy atom. The quantitative estimate of drug-likeness (QED) is 0.221. The zero-order valence-corrected chi connectivity index (χ0v) is 40.6. The fraction of sp³-hybridized carbons (Fsp3) is 0.870. The molecule has 0 unspecified atom stereocenters. The highest BCUT2D eigenvalue weighted by atomic mass is 16.7. The van der Waals surface area contributed by atoms with Crippen molar-refractivity contribution < 1.29 is 49.3 Å². The van der Waals surface area contributed by atoms with Gasteiger partial charge in [-0.15, -0.1) is 0 Å². The van der Waals surface area contributed by atoms with Crippen LogP contribution in [0.3, 0.4) is 0 Å². The van der Waals surface area contributed by atoms with Gasteiger partial charge in [0.2, 0.25) is 5.79 Å². The van der Waals surface area contributed by atoms with Crippen molar-refractivity contribution in [1.82, 2.24) is 9.97 Å². The maximum atomic E-state index is 15.0. The minimum absolute atomic E-state index is 0.0316. The van der Waals surface area contributed by atoms with E-state index in [2.05, 4.69) is 26.8 Å². The maximum Gasteiger partial charge on any atom is 0.201 e. The van der Waals surface area contributed by atoms with E-state index < -0.39 is 69.5 Å². The molecular weight excluding hydrogens is 837 g/mol. The molecule has 362 valence electrons. The van der Waals surface area contributed by atoms with Crippen molar-refractivity contribution in [3.8, 4) is 0 Å². The number of ketones is 1. The molecule has 12 aliphatic rings. The van der Waals surface area contributed by atoms with Crippen LogP contribution >= 0.6 is 0 Å². The highest BCUT2D eigenvalue weighted by molar-refractivity contribution is 5.88. The first kappa shape index (κ1) is 44.1. The molecule has 12 heteroatoms. The molecule has 0 amide bonds. The standard InChI is InChI=1S/C54H76N2O10/c1-26-32-13-14-33-30-11-9-28-15-37-40(21-49(28,7)35(30)18-42(59)51(32,33)25-63-53(26)43(60)22-46(3,4)65-53)56-38-16-29-10-12-31-34(48(29,6)20-39(38)55-37)17-41(58)50(8)36(31)19-45-52(50,62)27(2)54(64-45)44(61)23-47(5,24-57)66-54/h19,26-35,41,43-45,57-58,60-62H,9-18,20-25H2,1-8H3/t26-,27-,28-,29-,30-,31+,32+,33+,34-,35-,41+,43+,44+,45-,47-,48-,49-,50+,51+,52+,53-,54-/m0/s1. The summed E-state index contributed by atoms with van der Waals surface area (Å²) in [6.45, 7) is 16.9. The number of rotatable bonds is 1. The fourth-order valence-corrected chi connectivity index (χ4v) is 20.0. The lowest BCUT2D eigenvalue weighted by Gasteiger charge is -2.62. The Labute approximate surface area is 390 Å². The van der Waals surface area contributed by atoms with Crippen LogP contribution in [0, 0.1) is 80.8 Å². The van der Waals surface area contributed by atoms with E-state index in [-0.39, 0.29) is 47.5 Å². The van der Waals surface area contributed by atoms with Crippen molar-refractivity contribution in [3.05, 3.63) is 34.4 Å². The van der Waals surface area contributed by atoms with Crippen LogP contribution in [0.15, 0.2) is 11.6 Å². The van der Waals surface area contributed by atoms with Gasteiger partial charge in [-0.05, 0) is 150 Å². The smallest absolute Gasteiger partial charge is 0.201 e. The van der Waals surface area contributed by atoms with E-state index in [0.717, 1.165) is 92.6 Å². The molecule has 66 heavy (non-hydrogen) atoms. The number of carbonyl (C=O) groups is 1. The van der Waals surface area contributed by atoms with Crippen LogP contribution in [0.1, 0.15) is 142 Å². The van der Waals surface area contributed by atoms with Crippen molar-refractivity contribution in [3.63, 3.8) is 0 Å². The van der Waals surface area contributed by atoms with Gasteiger partial charge < -0.3 is 44.5 Å². The van der Waals surface area contributed by atoms with E-state index in [1.54, 1.807) is 6.92 Å². The summed E-state index contributed by atoms with van der Waals surface area (Å²) in [4.78, 5) is 26.2. The molecule has 0 aromatic carbocycles. The van der Waals surface area contributed by atoms with Gasteiger partial charge in [0.15, 0.2) is 5.79 Å². The molecule has 5 saturated carbocycles. The Bertz CT molecular complexity index is 2320. The van der Waals surface area contributed by atoms with Gasteiger partial charge >= 0.3 is 0 Å². The molecule has 22 atom stereocenters. The summed E-state index contributed by atoms with van der Waals surface area (Å²) in [7, 11) is 0. The van der Waals surface area contributed by atoms with Crippen LogP contribution in [0.2, 0.25) is 0 Å². The van der Waals surface area contributed by atoms with Gasteiger partial charge in [-0.2, -0.15) is 0 Å². The predicted octanol–water partition coefficient (Wildman–Crippen LogP) is 5.58. The molecule has 1 aromatic heterocycles. The summed E-state index contributed by atoms with van der Waals surface area (Å²) in [5.74, 6) is -0.391. The van der Waals surface area contributed by atoms with Crippen LogP contribution in [0.5, 0.6) is 0 Å². The highest BCUT2D eigenvalue weighted by Crippen LogP contribution is 2.73. The second-order valence-corrected chi connectivity index (χ2v) is 26.5. The lowest BCUT2D eigenvalue weighted by Crippen LogP contribution is -2.66. The largest absolute Gasteiger partial charge is 0.393 e. The van der Waals surface area contributed by atoms with Crippen LogP contribution in [-0.2, 0) is 49.4 Å². The Balaban J connectivity index is 0.760. The lowest BCUT2D eigenvalue weighted by atomic mass is 9.43. The number of aliphatic hydroxyl groups excluding tert-OH is 4. The number of Topliss-reactive ketones (excluding diaryl/α,β-unsaturated/α-hetero) is 1. The fourth-order valence-electron chi connectivity index (χ4n) is 20.0. The number of aliphatic hydroxyl groups is 5. The number of carbonyl (C=O) groups excluding carboxylic acids is 1. The van der Waals surface area contributed by atoms with Gasteiger partial charge in [0.05, 0.1) is 58.7 Å². The summed E-state index contributed by atoms with van der Waals surface area (Å²) in [6, 6.07) is 0. The van der Waals surface area contributed by atoms with E-state index in [1.165, 1.54) is 0 Å². The SMILES string of the molecule is C[C@@H]1[C@]2(O[C@H]3C=C4[C@@H]5CC[C@H]6Cc7nc8c(nc7C[C@]6(C)[C@H]5C[C@@H](O)[C@]4(C)[C@]31O)C[C@@H]1CC[C@H]3[C@H]4CC[C@@H]5[C@H](C)[C@]6(OC[C@]45C(=O)C[C@@H]3[C@@]1(C)C8)OC(C)(C)C[C@H]6O)O[C@](C)(CO)C[C@H]2O. The van der Waals surface area contributed by atoms with Crippen molar-refractivity contribution >= 4 is 5.78 Å². The number of hydrogen-bond acceptors (Lipinski definition) is 12. The zero-order chi connectivity index (χ0) is 46.3. The summed E-state index contributed by atoms with van der Waals surface area (Å²) in [6.07, 6.45) is 10.5. The predicted molar refractivity (Wildman–Crippen MR) is 240 cm³/mol. The third-order valence-corrected chi connectivity index (χ3v) is 23.5. The van der Waals surface area contributed by atoms with Crippen molar-refractivity contribution in [2.45, 2.75) is 198 Å². The van der Waals surface area contributed by atoms with Gasteiger partial charge in [-0.1, -0.05) is 46.3 Å². The molecule has 12 nitrogen and oxygen atoms in total. The van der Waals surface area contributed by atoms with Crippen molar-refractivity contribution in [2.75, 3.05) is 13.2 Å². The summed E-state index contributed by atoms with van der Waals surface area (Å²) < 4.78 is 26.3. The average Bonchev–Trinajstić information content (AvgIpc) is 3.98. The first-order valence-electron chi connectivity index (χ1n) is 26.3. The van der Waals surface area contributed by atoms with Crippen LogP contribution < -0.4 is 0 Å². The average molecular weight is 913 g/mol. The topological polar surface area (TPSA) is 181 Å². The number of ether oxygens (including phenoxy) is 4. The molecule has 3 spiro atoms. The Hall–Kier alpha value is -1.87. The van der Waals surface area contributed by atoms with E-state index in [1.807, 2.05) is 27.7 Å². The molecule has 13 rings (SSSR count). The van der Waals surface area contributed by atoms with Crippen LogP contribution in [-0.4, -0.2) is 107 Å². The Morgan fingerprint density at radius 2 is 1.35 bits per heavy atom. The van der Waals surface area contributed by atoms with Gasteiger partial charge in [-0.25, -0.2) is 0 Å². The van der Waals surface area contributed by atoms with E-state index in [4.69, 9.17) is 28.9 Å². The van der Waals surface area contributed by atoms with Gasteiger partial charge in [-0.3, -0.25) is 14.8 Å². The zero-order valence-electron chi connectivity index (χ0n) is 40.6. The monoisotopic (exact) mass is 913 g/mol. The molecule has 5 heterocycles. The first-order valence-corrected chi connectivity index (χ1v) is 26.3. The third kappa shape index (κ3) is 5.02. The second-order valence-electron chi connectivity index (χ2n) is 26.5. The number of nitrogens with zero attached hydrogens (tertiary/aromatic N) is 2. The highest BCUT2D eigenvalue weighted by Gasteiger charge is 2.79. The van der Waals surface area contributed by atoms with Gasteiger partial charge in [0.25, 0.3) is 0 Å². The minimum atomic E-state index is -1.49. The normalized spacial score (nSPS) is 58.0. The molecule has 4 saturated heterocycles. The first-order chi connectivity index (χ1) is 31.0. The molecule has 0 bridgehead atoms. The number of aromatic nitrogens is 2. The van der Waals surface area contributed by atoms with E-state index in [9.17, 15) is 30.3 Å². The van der Waals surface area contributed by atoms with Crippen molar-refractivity contribution in [1.29, 1.82) is 0 Å².